The van der Waals surface area contributed by atoms with Crippen LogP contribution in [0.4, 0.5) is 11.4 Å². The van der Waals surface area contributed by atoms with E-state index in [1.54, 1.807) is 0 Å². The Balaban J connectivity index is 1.91. The molecule has 3 nitrogen and oxygen atoms in total. The highest BCUT2D eigenvalue weighted by atomic mass is 15.1. The molecule has 0 saturated heterocycles. The van der Waals surface area contributed by atoms with Crippen LogP contribution in [0.3, 0.4) is 0 Å². The van der Waals surface area contributed by atoms with Crippen LogP contribution in [0, 0.1) is 0 Å². The average Bonchev–Trinajstić information content (AvgIpc) is 2.83. The first-order valence-electron chi connectivity index (χ1n) is 13.0. The van der Waals surface area contributed by atoms with Gasteiger partial charge in [-0.15, -0.1) is 0 Å². The largest absolute Gasteiger partial charge is 0.383 e. The van der Waals surface area contributed by atoms with Gasteiger partial charge in [0.15, 0.2) is 0 Å². The number of benzene rings is 2. The molecule has 2 rings (SSSR count). The number of anilines is 2. The number of hydrogen-bond donors (Lipinski definition) is 2. The molecule has 0 heterocycles. The zero-order valence-corrected chi connectivity index (χ0v) is 21.8. The highest BCUT2D eigenvalue weighted by Crippen LogP contribution is 2.26. The third-order valence-electron chi connectivity index (χ3n) is 6.65. The second kappa shape index (κ2) is 13.5. The summed E-state index contributed by atoms with van der Waals surface area (Å²) in [7, 11) is 2.23. The van der Waals surface area contributed by atoms with Crippen LogP contribution >= 0.6 is 0 Å². The van der Waals surface area contributed by atoms with Crippen LogP contribution < -0.4 is 10.6 Å². The summed E-state index contributed by atoms with van der Waals surface area (Å²) >= 11 is 0. The highest BCUT2D eigenvalue weighted by molar-refractivity contribution is 5.60. The van der Waals surface area contributed by atoms with Crippen molar-refractivity contribution in [2.75, 3.05) is 43.9 Å². The summed E-state index contributed by atoms with van der Waals surface area (Å²) in [4.78, 5) is 2.43. The van der Waals surface area contributed by atoms with Crippen molar-refractivity contribution in [1.29, 1.82) is 0 Å². The van der Waals surface area contributed by atoms with E-state index in [2.05, 4.69) is 88.4 Å². The molecule has 178 valence electrons. The molecule has 2 N–H and O–H groups in total. The molecular formula is C29H47N3. The number of hydrogen-bond acceptors (Lipinski definition) is 3. The Hall–Kier alpha value is -2.00. The topological polar surface area (TPSA) is 27.3 Å². The summed E-state index contributed by atoms with van der Waals surface area (Å²) in [6.45, 7) is 17.6. The summed E-state index contributed by atoms with van der Waals surface area (Å²) in [6.07, 6.45) is 6.55. The Morgan fingerprint density at radius 1 is 0.531 bits per heavy atom. The molecule has 0 aliphatic rings. The van der Waals surface area contributed by atoms with Gasteiger partial charge < -0.3 is 15.5 Å². The molecule has 0 aliphatic heterocycles. The van der Waals surface area contributed by atoms with E-state index >= 15 is 0 Å². The van der Waals surface area contributed by atoms with Crippen LogP contribution in [-0.2, 0) is 38.5 Å². The monoisotopic (exact) mass is 437 g/mol. The summed E-state index contributed by atoms with van der Waals surface area (Å²) in [5, 5.41) is 7.52. The molecule has 0 atom stereocenters. The maximum atomic E-state index is 3.76. The highest BCUT2D eigenvalue weighted by Gasteiger charge is 2.10. The lowest BCUT2D eigenvalue weighted by molar-refractivity contribution is 0.360. The van der Waals surface area contributed by atoms with Crippen LogP contribution in [-0.4, -0.2) is 38.1 Å². The number of nitrogens with zero attached hydrogens (tertiary/aromatic N) is 1. The maximum absolute atomic E-state index is 3.76. The second-order valence-electron chi connectivity index (χ2n) is 8.86. The van der Waals surface area contributed by atoms with Crippen LogP contribution in [0.2, 0.25) is 0 Å². The summed E-state index contributed by atoms with van der Waals surface area (Å²) < 4.78 is 0. The predicted molar refractivity (Wildman–Crippen MR) is 144 cm³/mol. The minimum absolute atomic E-state index is 0.980. The average molecular weight is 438 g/mol. The van der Waals surface area contributed by atoms with E-state index in [0.29, 0.717) is 0 Å². The van der Waals surface area contributed by atoms with Crippen molar-refractivity contribution in [2.45, 2.75) is 80.1 Å². The van der Waals surface area contributed by atoms with Crippen molar-refractivity contribution in [3.63, 3.8) is 0 Å². The molecule has 32 heavy (non-hydrogen) atoms. The van der Waals surface area contributed by atoms with Gasteiger partial charge >= 0.3 is 0 Å². The molecule has 3 heteroatoms. The van der Waals surface area contributed by atoms with Gasteiger partial charge in [0.2, 0.25) is 0 Å². The zero-order chi connectivity index (χ0) is 23.5. The molecule has 2 aromatic rings. The molecule has 0 aromatic heterocycles. The smallest absolute Gasteiger partial charge is 0.0405 e. The molecular weight excluding hydrogens is 390 g/mol. The minimum Gasteiger partial charge on any atom is -0.383 e. The first-order valence-corrected chi connectivity index (χ1v) is 13.0. The van der Waals surface area contributed by atoms with Crippen molar-refractivity contribution in [3.05, 3.63) is 57.6 Å². The first kappa shape index (κ1) is 26.3. The van der Waals surface area contributed by atoms with E-state index in [9.17, 15) is 0 Å². The maximum Gasteiger partial charge on any atom is 0.0405 e. The van der Waals surface area contributed by atoms with Crippen LogP contribution in [0.15, 0.2) is 24.3 Å². The van der Waals surface area contributed by atoms with E-state index in [4.69, 9.17) is 0 Å². The van der Waals surface area contributed by atoms with Crippen molar-refractivity contribution >= 4 is 11.4 Å². The standard InChI is InChI=1S/C29H47N3/c1-8-22-18-24(10-3)28(25(11-4)19-22)30-14-16-32(7)17-15-31-29-26(12-5)20-23(9-2)21-27(29)13-6/h18-21,30-31H,8-17H2,1-7H3. The van der Waals surface area contributed by atoms with E-state index in [1.807, 2.05) is 0 Å². The third-order valence-corrected chi connectivity index (χ3v) is 6.65. The summed E-state index contributed by atoms with van der Waals surface area (Å²) in [6, 6.07) is 9.54. The van der Waals surface area contributed by atoms with Crippen molar-refractivity contribution < 1.29 is 0 Å². The third kappa shape index (κ3) is 7.00. The summed E-state index contributed by atoms with van der Waals surface area (Å²) in [5.41, 5.74) is 11.5. The molecule has 0 bridgehead atoms. The molecule has 0 spiro atoms. The lowest BCUT2D eigenvalue weighted by Crippen LogP contribution is -2.30. The van der Waals surface area contributed by atoms with Gasteiger partial charge in [-0.05, 0) is 79.0 Å². The van der Waals surface area contributed by atoms with Gasteiger partial charge in [-0.1, -0.05) is 65.8 Å². The van der Waals surface area contributed by atoms with Crippen LogP contribution in [0.25, 0.3) is 0 Å². The zero-order valence-electron chi connectivity index (χ0n) is 21.8. The summed E-state index contributed by atoms with van der Waals surface area (Å²) in [5.74, 6) is 0. The fourth-order valence-corrected chi connectivity index (χ4v) is 4.51. The normalized spacial score (nSPS) is 11.2. The van der Waals surface area contributed by atoms with E-state index in [1.165, 1.54) is 44.8 Å². The van der Waals surface area contributed by atoms with Gasteiger partial charge in [0.05, 0.1) is 0 Å². The van der Waals surface area contributed by atoms with Gasteiger partial charge in [0.1, 0.15) is 0 Å². The van der Waals surface area contributed by atoms with Gasteiger partial charge in [-0.25, -0.2) is 0 Å². The lowest BCUT2D eigenvalue weighted by Gasteiger charge is -2.22. The minimum atomic E-state index is 0.980. The number of rotatable bonds is 14. The van der Waals surface area contributed by atoms with Gasteiger partial charge in [0, 0.05) is 37.6 Å². The quantitative estimate of drug-likeness (QED) is 0.352. The van der Waals surface area contributed by atoms with E-state index in [0.717, 1.165) is 64.7 Å². The fraction of sp³-hybridized carbons (Fsp3) is 0.586. The van der Waals surface area contributed by atoms with Crippen LogP contribution in [0.5, 0.6) is 0 Å². The second-order valence-corrected chi connectivity index (χ2v) is 8.86. The van der Waals surface area contributed by atoms with Crippen molar-refractivity contribution in [3.8, 4) is 0 Å². The lowest BCUT2D eigenvalue weighted by atomic mass is 9.98. The van der Waals surface area contributed by atoms with Gasteiger partial charge in [-0.3, -0.25) is 0 Å². The van der Waals surface area contributed by atoms with Crippen molar-refractivity contribution in [1.82, 2.24) is 4.90 Å². The Morgan fingerprint density at radius 3 is 1.09 bits per heavy atom. The fourth-order valence-electron chi connectivity index (χ4n) is 4.51. The number of likely N-dealkylation sites (N-methyl/N-ethyl adjacent to an activating group) is 1. The molecule has 0 saturated carbocycles. The van der Waals surface area contributed by atoms with Crippen LogP contribution in [0.1, 0.15) is 74.9 Å². The molecule has 0 amide bonds. The SMILES string of the molecule is CCc1cc(CC)c(NCCN(C)CCNc2c(CC)cc(CC)cc2CC)c(CC)c1. The first-order chi connectivity index (χ1) is 15.5. The van der Waals surface area contributed by atoms with E-state index in [-0.39, 0.29) is 0 Å². The van der Waals surface area contributed by atoms with Crippen molar-refractivity contribution in [2.24, 2.45) is 0 Å². The number of nitrogens with one attached hydrogen (secondary N) is 2. The Labute approximate surface area is 198 Å². The Kier molecular flexibility index (Phi) is 11.1. The number of aryl methyl sites for hydroxylation is 6. The Bertz CT molecular complexity index is 721. The van der Waals surface area contributed by atoms with Gasteiger partial charge in [0.25, 0.3) is 0 Å². The predicted octanol–water partition coefficient (Wildman–Crippen LogP) is 6.52. The molecule has 0 aliphatic carbocycles. The molecule has 0 radical (unpaired) electrons. The molecule has 0 unspecified atom stereocenters. The molecule has 2 aromatic carbocycles. The molecule has 0 fully saturated rings. The Morgan fingerprint density at radius 2 is 0.844 bits per heavy atom. The van der Waals surface area contributed by atoms with E-state index < -0.39 is 0 Å². The van der Waals surface area contributed by atoms with Gasteiger partial charge in [-0.2, -0.15) is 0 Å².